The number of rotatable bonds is 2. The van der Waals surface area contributed by atoms with E-state index in [1.165, 1.54) is 5.56 Å². The van der Waals surface area contributed by atoms with Gasteiger partial charge in [-0.3, -0.25) is 0 Å². The molecular weight excluding hydrogens is 236 g/mol. The van der Waals surface area contributed by atoms with E-state index >= 15 is 0 Å². The normalized spacial score (nSPS) is 24.3. The summed E-state index contributed by atoms with van der Waals surface area (Å²) in [5.41, 5.74) is 2.64. The van der Waals surface area contributed by atoms with Crippen LogP contribution in [0.5, 0.6) is 5.75 Å². The fourth-order valence-corrected chi connectivity index (χ4v) is 2.63. The Kier molecular flexibility index (Phi) is 4.19. The second-order valence-corrected chi connectivity index (χ2v) is 6.74. The molecule has 1 aromatic carbocycles. The second kappa shape index (κ2) is 5.54. The third-order valence-electron chi connectivity index (χ3n) is 3.99. The number of aryl methyl sites for hydroxylation is 1. The second-order valence-electron chi connectivity index (χ2n) is 6.74. The van der Waals surface area contributed by atoms with Gasteiger partial charge in [-0.2, -0.15) is 0 Å². The summed E-state index contributed by atoms with van der Waals surface area (Å²) in [4.78, 5) is 0. The molecule has 1 fully saturated rings. The highest BCUT2D eigenvalue weighted by Gasteiger charge is 2.25. The minimum atomic E-state index is -0.310. The number of benzene rings is 1. The van der Waals surface area contributed by atoms with Crippen molar-refractivity contribution in [3.8, 4) is 5.75 Å². The van der Waals surface area contributed by atoms with E-state index in [0.29, 0.717) is 0 Å². The highest BCUT2D eigenvalue weighted by atomic mass is 16.5. The third-order valence-corrected chi connectivity index (χ3v) is 3.99. The Hall–Kier alpha value is -1.02. The van der Waals surface area contributed by atoms with Gasteiger partial charge in [0.1, 0.15) is 11.9 Å². The van der Waals surface area contributed by atoms with E-state index in [9.17, 15) is 5.11 Å². The molecule has 0 radical (unpaired) electrons. The Labute approximate surface area is 116 Å². The molecule has 1 aromatic rings. The Morgan fingerprint density at radius 3 is 2.42 bits per heavy atom. The predicted molar refractivity (Wildman–Crippen MR) is 78.8 cm³/mol. The molecule has 1 N–H and O–H groups in total. The molecular formula is C17H26O2. The lowest BCUT2D eigenvalue weighted by molar-refractivity contribution is 0.00653. The summed E-state index contributed by atoms with van der Waals surface area (Å²) in [6.45, 7) is 8.73. The summed E-state index contributed by atoms with van der Waals surface area (Å²) in [5, 5.41) is 9.98. The van der Waals surface area contributed by atoms with Gasteiger partial charge >= 0.3 is 0 Å². The average molecular weight is 262 g/mol. The summed E-state index contributed by atoms with van der Waals surface area (Å²) >= 11 is 0. The largest absolute Gasteiger partial charge is 0.487 e. The molecule has 1 saturated carbocycles. The monoisotopic (exact) mass is 262 g/mol. The zero-order chi connectivity index (χ0) is 14.0. The number of hydrogen-bond acceptors (Lipinski definition) is 2. The van der Waals surface area contributed by atoms with E-state index in [1.807, 2.05) is 0 Å². The van der Waals surface area contributed by atoms with Gasteiger partial charge in [0.25, 0.3) is 0 Å². The minimum absolute atomic E-state index is 0.0343. The number of ether oxygens (including phenoxy) is 1. The average Bonchev–Trinajstić information content (AvgIpc) is 2.33. The maximum absolute atomic E-state index is 9.98. The van der Waals surface area contributed by atoms with Crippen molar-refractivity contribution in [2.24, 2.45) is 0 Å². The first-order chi connectivity index (χ1) is 8.88. The fourth-order valence-electron chi connectivity index (χ4n) is 2.63. The van der Waals surface area contributed by atoms with E-state index in [0.717, 1.165) is 37.0 Å². The fraction of sp³-hybridized carbons (Fsp3) is 0.647. The molecule has 19 heavy (non-hydrogen) atoms. The zero-order valence-corrected chi connectivity index (χ0v) is 12.6. The molecule has 2 atom stereocenters. The van der Waals surface area contributed by atoms with E-state index < -0.39 is 0 Å². The molecule has 2 nitrogen and oxygen atoms in total. The van der Waals surface area contributed by atoms with Gasteiger partial charge in [-0.15, -0.1) is 0 Å². The van der Waals surface area contributed by atoms with Gasteiger partial charge in [0.2, 0.25) is 0 Å². The summed E-state index contributed by atoms with van der Waals surface area (Å²) in [5.74, 6) is 0.916. The van der Waals surface area contributed by atoms with Gasteiger partial charge in [0, 0.05) is 0 Å². The highest BCUT2D eigenvalue weighted by molar-refractivity contribution is 5.38. The minimum Gasteiger partial charge on any atom is -0.487 e. The van der Waals surface area contributed by atoms with Crippen molar-refractivity contribution >= 4 is 0 Å². The molecule has 0 aliphatic heterocycles. The van der Waals surface area contributed by atoms with Crippen LogP contribution in [0.4, 0.5) is 0 Å². The molecule has 2 heteroatoms. The first-order valence-corrected chi connectivity index (χ1v) is 7.34. The van der Waals surface area contributed by atoms with Gasteiger partial charge in [-0.25, -0.2) is 0 Å². The van der Waals surface area contributed by atoms with Crippen LogP contribution in [0.3, 0.4) is 0 Å². The molecule has 0 amide bonds. The summed E-state index contributed by atoms with van der Waals surface area (Å²) in [7, 11) is 0. The lowest BCUT2D eigenvalue weighted by Gasteiger charge is -2.29. The van der Waals surface area contributed by atoms with Gasteiger partial charge in [0.05, 0.1) is 6.10 Å². The van der Waals surface area contributed by atoms with Crippen LogP contribution in [0, 0.1) is 6.92 Å². The van der Waals surface area contributed by atoms with Gasteiger partial charge in [-0.05, 0) is 48.8 Å². The molecule has 0 spiro atoms. The molecule has 0 unspecified atom stereocenters. The van der Waals surface area contributed by atoms with Crippen molar-refractivity contribution in [3.05, 3.63) is 29.3 Å². The van der Waals surface area contributed by atoms with Crippen molar-refractivity contribution in [1.82, 2.24) is 0 Å². The van der Waals surface area contributed by atoms with Gasteiger partial charge in [0.15, 0.2) is 0 Å². The van der Waals surface area contributed by atoms with Crippen LogP contribution in [0.2, 0.25) is 0 Å². The van der Waals surface area contributed by atoms with Crippen molar-refractivity contribution in [2.75, 3.05) is 0 Å². The Morgan fingerprint density at radius 2 is 1.84 bits per heavy atom. The SMILES string of the molecule is Cc1cc(C(C)(C)C)ccc1O[C@@H]1CCCC[C@H]1O. The van der Waals surface area contributed by atoms with Crippen LogP contribution < -0.4 is 4.74 Å². The van der Waals surface area contributed by atoms with Crippen molar-refractivity contribution in [2.45, 2.75) is 71.0 Å². The molecule has 0 aromatic heterocycles. The van der Waals surface area contributed by atoms with Crippen LogP contribution in [0.1, 0.15) is 57.6 Å². The smallest absolute Gasteiger partial charge is 0.124 e. The maximum Gasteiger partial charge on any atom is 0.124 e. The first-order valence-electron chi connectivity index (χ1n) is 7.34. The topological polar surface area (TPSA) is 29.5 Å². The van der Waals surface area contributed by atoms with Crippen molar-refractivity contribution < 1.29 is 9.84 Å². The summed E-state index contributed by atoms with van der Waals surface area (Å²) < 4.78 is 6.02. The molecule has 2 rings (SSSR count). The molecule has 1 aliphatic rings. The summed E-state index contributed by atoms with van der Waals surface area (Å²) in [6.07, 6.45) is 3.75. The lowest BCUT2D eigenvalue weighted by Crippen LogP contribution is -2.34. The lowest BCUT2D eigenvalue weighted by atomic mass is 9.86. The molecule has 106 valence electrons. The van der Waals surface area contributed by atoms with Crippen molar-refractivity contribution in [1.29, 1.82) is 0 Å². The van der Waals surface area contributed by atoms with Gasteiger partial charge < -0.3 is 9.84 Å². The Bertz CT molecular complexity index is 431. The quantitative estimate of drug-likeness (QED) is 0.873. The zero-order valence-electron chi connectivity index (χ0n) is 12.6. The van der Waals surface area contributed by atoms with Crippen LogP contribution in [-0.2, 0) is 5.41 Å². The van der Waals surface area contributed by atoms with Crippen LogP contribution >= 0.6 is 0 Å². The van der Waals surface area contributed by atoms with Crippen molar-refractivity contribution in [3.63, 3.8) is 0 Å². The van der Waals surface area contributed by atoms with E-state index in [1.54, 1.807) is 0 Å². The first kappa shape index (κ1) is 14.4. The van der Waals surface area contributed by atoms with Crippen LogP contribution in [0.15, 0.2) is 18.2 Å². The van der Waals surface area contributed by atoms with Crippen LogP contribution in [0.25, 0.3) is 0 Å². The standard InChI is InChI=1S/C17H26O2/c1-12-11-13(17(2,3)4)9-10-15(12)19-16-8-6-5-7-14(16)18/h9-11,14,16,18H,5-8H2,1-4H3/t14-,16-/m1/s1. The maximum atomic E-state index is 9.98. The Balaban J connectivity index is 2.13. The number of aliphatic hydroxyl groups is 1. The molecule has 0 bridgehead atoms. The van der Waals surface area contributed by atoms with E-state index in [2.05, 4.69) is 45.9 Å². The molecule has 0 heterocycles. The number of hydrogen-bond donors (Lipinski definition) is 1. The number of aliphatic hydroxyl groups excluding tert-OH is 1. The summed E-state index contributed by atoms with van der Waals surface area (Å²) in [6, 6.07) is 6.39. The highest BCUT2D eigenvalue weighted by Crippen LogP contribution is 2.30. The van der Waals surface area contributed by atoms with Gasteiger partial charge in [-0.1, -0.05) is 39.3 Å². The molecule has 1 aliphatic carbocycles. The predicted octanol–water partition coefficient (Wildman–Crippen LogP) is 3.97. The van der Waals surface area contributed by atoms with E-state index in [4.69, 9.17) is 4.74 Å². The Morgan fingerprint density at radius 1 is 1.16 bits per heavy atom. The van der Waals surface area contributed by atoms with Crippen LogP contribution in [-0.4, -0.2) is 17.3 Å². The molecule has 0 saturated heterocycles. The van der Waals surface area contributed by atoms with E-state index in [-0.39, 0.29) is 17.6 Å². The third kappa shape index (κ3) is 3.50.